The van der Waals surface area contributed by atoms with Gasteiger partial charge in [-0.1, -0.05) is 49.6 Å². The summed E-state index contributed by atoms with van der Waals surface area (Å²) in [7, 11) is 0. The molecule has 0 saturated heterocycles. The Morgan fingerprint density at radius 1 is 0.964 bits per heavy atom. The predicted molar refractivity (Wildman–Crippen MR) is 107 cm³/mol. The highest BCUT2D eigenvalue weighted by molar-refractivity contribution is 5.94. The van der Waals surface area contributed by atoms with Crippen molar-refractivity contribution in [1.82, 2.24) is 10.2 Å². The van der Waals surface area contributed by atoms with Gasteiger partial charge in [-0.15, -0.1) is 0 Å². The van der Waals surface area contributed by atoms with Gasteiger partial charge in [-0.3, -0.25) is 9.59 Å². The van der Waals surface area contributed by atoms with Crippen LogP contribution in [0.4, 0.5) is 4.39 Å². The number of rotatable bonds is 7. The predicted octanol–water partition coefficient (Wildman–Crippen LogP) is 4.31. The van der Waals surface area contributed by atoms with Gasteiger partial charge in [-0.05, 0) is 42.7 Å². The Morgan fingerprint density at radius 2 is 1.64 bits per heavy atom. The summed E-state index contributed by atoms with van der Waals surface area (Å²) >= 11 is 0. The third-order valence-corrected chi connectivity index (χ3v) is 5.26. The standard InChI is InChI=1S/C23H27FN2O2/c24-20-13-11-18(12-14-20)17-26(21-9-5-2-6-10-21)22(27)15-16-25-23(28)19-7-3-1-4-8-19/h1,3-4,7-8,11-14,21H,2,5-6,9-10,15-17H2,(H,25,28). The SMILES string of the molecule is O=C(NCCC(=O)N(Cc1ccc(F)cc1)C1CCCCC1)c1ccccc1. The number of benzene rings is 2. The van der Waals surface area contributed by atoms with Crippen LogP contribution in [-0.2, 0) is 11.3 Å². The van der Waals surface area contributed by atoms with E-state index in [0.29, 0.717) is 18.7 Å². The zero-order chi connectivity index (χ0) is 19.8. The Kier molecular flexibility index (Phi) is 7.18. The smallest absolute Gasteiger partial charge is 0.251 e. The van der Waals surface area contributed by atoms with Gasteiger partial charge in [0.2, 0.25) is 5.91 Å². The summed E-state index contributed by atoms with van der Waals surface area (Å²) in [4.78, 5) is 27.0. The fourth-order valence-corrected chi connectivity index (χ4v) is 3.72. The van der Waals surface area contributed by atoms with Gasteiger partial charge >= 0.3 is 0 Å². The lowest BCUT2D eigenvalue weighted by atomic mass is 9.93. The van der Waals surface area contributed by atoms with Gasteiger partial charge in [0.15, 0.2) is 0 Å². The summed E-state index contributed by atoms with van der Waals surface area (Å²) in [5.41, 5.74) is 1.51. The van der Waals surface area contributed by atoms with Crippen LogP contribution in [0.5, 0.6) is 0 Å². The van der Waals surface area contributed by atoms with Gasteiger partial charge < -0.3 is 10.2 Å². The Labute approximate surface area is 165 Å². The number of carbonyl (C=O) groups is 2. The highest BCUT2D eigenvalue weighted by Gasteiger charge is 2.25. The molecule has 28 heavy (non-hydrogen) atoms. The number of halogens is 1. The molecule has 2 aromatic rings. The number of nitrogens with one attached hydrogen (secondary N) is 1. The van der Waals surface area contributed by atoms with Crippen molar-refractivity contribution in [3.8, 4) is 0 Å². The van der Waals surface area contributed by atoms with Crippen LogP contribution in [0.3, 0.4) is 0 Å². The fourth-order valence-electron chi connectivity index (χ4n) is 3.72. The minimum absolute atomic E-state index is 0.0320. The second-order valence-electron chi connectivity index (χ2n) is 7.31. The molecule has 5 heteroatoms. The van der Waals surface area contributed by atoms with Crippen LogP contribution < -0.4 is 5.32 Å². The minimum atomic E-state index is -0.275. The van der Waals surface area contributed by atoms with Crippen molar-refractivity contribution < 1.29 is 14.0 Å². The van der Waals surface area contributed by atoms with Gasteiger partial charge in [0, 0.05) is 31.1 Å². The van der Waals surface area contributed by atoms with E-state index >= 15 is 0 Å². The molecule has 2 amide bonds. The maximum atomic E-state index is 13.2. The summed E-state index contributed by atoms with van der Waals surface area (Å²) in [5, 5.41) is 2.82. The molecule has 0 unspecified atom stereocenters. The highest BCUT2D eigenvalue weighted by atomic mass is 19.1. The van der Waals surface area contributed by atoms with Crippen LogP contribution in [0.15, 0.2) is 54.6 Å². The summed E-state index contributed by atoms with van der Waals surface area (Å²) in [6.07, 6.45) is 5.73. The third-order valence-electron chi connectivity index (χ3n) is 5.26. The van der Waals surface area contributed by atoms with E-state index in [2.05, 4.69) is 5.32 Å². The largest absolute Gasteiger partial charge is 0.352 e. The van der Waals surface area contributed by atoms with Crippen LogP contribution in [0.2, 0.25) is 0 Å². The molecule has 0 heterocycles. The van der Waals surface area contributed by atoms with Crippen molar-refractivity contribution in [3.05, 3.63) is 71.5 Å². The molecule has 0 radical (unpaired) electrons. The van der Waals surface area contributed by atoms with Gasteiger partial charge in [-0.25, -0.2) is 4.39 Å². The Balaban J connectivity index is 1.59. The second-order valence-corrected chi connectivity index (χ2v) is 7.31. The fraction of sp³-hybridized carbons (Fsp3) is 0.391. The molecule has 4 nitrogen and oxygen atoms in total. The maximum absolute atomic E-state index is 13.2. The molecule has 3 rings (SSSR count). The first-order valence-corrected chi connectivity index (χ1v) is 10.0. The van der Waals surface area contributed by atoms with E-state index < -0.39 is 0 Å². The Bertz CT molecular complexity index is 771. The molecule has 0 aliphatic heterocycles. The molecular weight excluding hydrogens is 355 g/mol. The lowest BCUT2D eigenvalue weighted by molar-refractivity contribution is -0.134. The van der Waals surface area contributed by atoms with Crippen LogP contribution in [0.25, 0.3) is 0 Å². The highest BCUT2D eigenvalue weighted by Crippen LogP contribution is 2.25. The number of amides is 2. The molecule has 1 N–H and O–H groups in total. The molecule has 0 bridgehead atoms. The van der Waals surface area contributed by atoms with E-state index in [1.807, 2.05) is 23.1 Å². The van der Waals surface area contributed by atoms with E-state index in [1.165, 1.54) is 18.6 Å². The minimum Gasteiger partial charge on any atom is -0.352 e. The van der Waals surface area contributed by atoms with E-state index in [0.717, 1.165) is 31.2 Å². The average molecular weight is 382 g/mol. The van der Waals surface area contributed by atoms with E-state index in [1.54, 1.807) is 24.3 Å². The Hall–Kier alpha value is -2.69. The first-order valence-electron chi connectivity index (χ1n) is 10.0. The molecule has 0 atom stereocenters. The first kappa shape index (κ1) is 20.1. The average Bonchev–Trinajstić information content (AvgIpc) is 2.74. The normalized spacial score (nSPS) is 14.5. The molecule has 1 aliphatic rings. The van der Waals surface area contributed by atoms with E-state index in [4.69, 9.17) is 0 Å². The van der Waals surface area contributed by atoms with Crippen LogP contribution in [-0.4, -0.2) is 29.3 Å². The monoisotopic (exact) mass is 382 g/mol. The molecule has 1 aliphatic carbocycles. The van der Waals surface area contributed by atoms with Crippen molar-refractivity contribution >= 4 is 11.8 Å². The van der Waals surface area contributed by atoms with Crippen molar-refractivity contribution in [1.29, 1.82) is 0 Å². The van der Waals surface area contributed by atoms with Crippen molar-refractivity contribution in [2.45, 2.75) is 51.1 Å². The zero-order valence-corrected chi connectivity index (χ0v) is 16.1. The van der Waals surface area contributed by atoms with Crippen LogP contribution in [0, 0.1) is 5.82 Å². The number of carbonyl (C=O) groups excluding carboxylic acids is 2. The maximum Gasteiger partial charge on any atom is 0.251 e. The number of hydrogen-bond donors (Lipinski definition) is 1. The summed E-state index contributed by atoms with van der Waals surface area (Å²) < 4.78 is 13.2. The summed E-state index contributed by atoms with van der Waals surface area (Å²) in [6, 6.07) is 15.5. The number of hydrogen-bond acceptors (Lipinski definition) is 2. The molecule has 0 aromatic heterocycles. The van der Waals surface area contributed by atoms with Gasteiger partial charge in [-0.2, -0.15) is 0 Å². The van der Waals surface area contributed by atoms with Gasteiger partial charge in [0.25, 0.3) is 5.91 Å². The lowest BCUT2D eigenvalue weighted by Gasteiger charge is -2.34. The van der Waals surface area contributed by atoms with Crippen molar-refractivity contribution in [2.75, 3.05) is 6.54 Å². The molecule has 0 spiro atoms. The molecule has 2 aromatic carbocycles. The lowest BCUT2D eigenvalue weighted by Crippen LogP contribution is -2.42. The number of nitrogens with zero attached hydrogens (tertiary/aromatic N) is 1. The third kappa shape index (κ3) is 5.65. The molecular formula is C23H27FN2O2. The molecule has 1 saturated carbocycles. The first-order chi connectivity index (χ1) is 13.6. The van der Waals surface area contributed by atoms with Gasteiger partial charge in [0.05, 0.1) is 0 Å². The van der Waals surface area contributed by atoms with Crippen LogP contribution >= 0.6 is 0 Å². The topological polar surface area (TPSA) is 49.4 Å². The van der Waals surface area contributed by atoms with Crippen LogP contribution in [0.1, 0.15) is 54.4 Å². The molecule has 1 fully saturated rings. The Morgan fingerprint density at radius 3 is 2.32 bits per heavy atom. The quantitative estimate of drug-likeness (QED) is 0.776. The molecule has 148 valence electrons. The van der Waals surface area contributed by atoms with Crippen molar-refractivity contribution in [3.63, 3.8) is 0 Å². The van der Waals surface area contributed by atoms with Crippen molar-refractivity contribution in [2.24, 2.45) is 0 Å². The summed E-state index contributed by atoms with van der Waals surface area (Å²) in [6.45, 7) is 0.787. The zero-order valence-electron chi connectivity index (χ0n) is 16.1. The van der Waals surface area contributed by atoms with E-state index in [-0.39, 0.29) is 30.1 Å². The van der Waals surface area contributed by atoms with Gasteiger partial charge in [0.1, 0.15) is 5.82 Å². The summed E-state index contributed by atoms with van der Waals surface area (Å²) in [5.74, 6) is -0.413. The van der Waals surface area contributed by atoms with E-state index in [9.17, 15) is 14.0 Å². The second kappa shape index (κ2) is 10.0.